The van der Waals surface area contributed by atoms with E-state index in [4.69, 9.17) is 9.47 Å². The van der Waals surface area contributed by atoms with E-state index in [0.29, 0.717) is 12.5 Å². The maximum Gasteiger partial charge on any atom is 0.125 e. The highest BCUT2D eigenvalue weighted by molar-refractivity contribution is 5.37. The van der Waals surface area contributed by atoms with Crippen molar-refractivity contribution < 1.29 is 9.47 Å². The van der Waals surface area contributed by atoms with Crippen LogP contribution >= 0.6 is 0 Å². The maximum atomic E-state index is 6.20. The Kier molecular flexibility index (Phi) is 3.75. The van der Waals surface area contributed by atoms with Gasteiger partial charge in [0.1, 0.15) is 11.9 Å². The highest BCUT2D eigenvalue weighted by atomic mass is 16.5. The lowest BCUT2D eigenvalue weighted by Gasteiger charge is -2.36. The quantitative estimate of drug-likeness (QED) is 0.823. The van der Waals surface area contributed by atoms with Crippen LogP contribution in [0.4, 0.5) is 0 Å². The van der Waals surface area contributed by atoms with Crippen LogP contribution in [-0.4, -0.2) is 6.10 Å². The topological polar surface area (TPSA) is 18.5 Å². The normalized spacial score (nSPS) is 24.8. The molecule has 3 atom stereocenters. The summed E-state index contributed by atoms with van der Waals surface area (Å²) in [6.07, 6.45) is 0.265. The molecule has 2 heteroatoms. The van der Waals surface area contributed by atoms with E-state index in [9.17, 15) is 0 Å². The number of benzene rings is 2. The van der Waals surface area contributed by atoms with Gasteiger partial charge in [0.15, 0.2) is 0 Å². The molecule has 0 aromatic heterocycles. The monoisotopic (exact) mass is 268 g/mol. The summed E-state index contributed by atoms with van der Waals surface area (Å²) in [4.78, 5) is 0. The number of para-hydroxylation sites is 1. The Bertz CT molecular complexity index is 565. The fraction of sp³-hybridized carbons (Fsp3) is 0.333. The third kappa shape index (κ3) is 2.56. The van der Waals surface area contributed by atoms with E-state index in [1.165, 1.54) is 5.56 Å². The summed E-state index contributed by atoms with van der Waals surface area (Å²) in [6.45, 7) is 4.94. The SMILES string of the molecule is C[C@H]1[C@@H](C)Oc2ccccc2[C@@H]1OCc1ccccc1. The Hall–Kier alpha value is -1.80. The first-order chi connectivity index (χ1) is 9.75. The molecule has 0 unspecified atom stereocenters. The van der Waals surface area contributed by atoms with E-state index in [1.807, 2.05) is 36.4 Å². The molecule has 2 nitrogen and oxygen atoms in total. The molecule has 1 aliphatic rings. The zero-order valence-corrected chi connectivity index (χ0v) is 12.0. The van der Waals surface area contributed by atoms with Gasteiger partial charge in [-0.3, -0.25) is 0 Å². The molecule has 3 rings (SSSR count). The third-order valence-corrected chi connectivity index (χ3v) is 4.03. The van der Waals surface area contributed by atoms with Gasteiger partial charge in [-0.1, -0.05) is 55.5 Å². The highest BCUT2D eigenvalue weighted by Gasteiger charge is 2.33. The molecule has 0 aliphatic carbocycles. The molecule has 0 N–H and O–H groups in total. The molecule has 2 aromatic rings. The van der Waals surface area contributed by atoms with Crippen molar-refractivity contribution in [3.8, 4) is 5.75 Å². The maximum absolute atomic E-state index is 6.20. The molecular formula is C18H20O2. The molecule has 0 fully saturated rings. The second kappa shape index (κ2) is 5.68. The van der Waals surface area contributed by atoms with Crippen molar-refractivity contribution in [2.75, 3.05) is 0 Å². The predicted octanol–water partition coefficient (Wildman–Crippen LogP) is 4.36. The largest absolute Gasteiger partial charge is 0.490 e. The van der Waals surface area contributed by atoms with Crippen LogP contribution in [0.15, 0.2) is 54.6 Å². The first-order valence-corrected chi connectivity index (χ1v) is 7.17. The summed E-state index contributed by atoms with van der Waals surface area (Å²) < 4.78 is 12.1. The molecule has 0 radical (unpaired) electrons. The number of hydrogen-bond donors (Lipinski definition) is 0. The van der Waals surface area contributed by atoms with Crippen LogP contribution in [0.5, 0.6) is 5.75 Å². The molecule has 104 valence electrons. The van der Waals surface area contributed by atoms with Gasteiger partial charge in [0.05, 0.1) is 12.7 Å². The molecule has 1 aliphatic heterocycles. The van der Waals surface area contributed by atoms with Gasteiger partial charge in [-0.15, -0.1) is 0 Å². The Morgan fingerprint density at radius 1 is 0.950 bits per heavy atom. The summed E-state index contributed by atoms with van der Waals surface area (Å²) in [6, 6.07) is 18.5. The van der Waals surface area contributed by atoms with E-state index in [0.717, 1.165) is 11.3 Å². The molecule has 0 bridgehead atoms. The van der Waals surface area contributed by atoms with Crippen LogP contribution in [0.25, 0.3) is 0 Å². The molecule has 1 heterocycles. The number of ether oxygens (including phenoxy) is 2. The lowest BCUT2D eigenvalue weighted by atomic mass is 9.89. The summed E-state index contributed by atoms with van der Waals surface area (Å²) in [5, 5.41) is 0. The van der Waals surface area contributed by atoms with Gasteiger partial charge in [-0.2, -0.15) is 0 Å². The Balaban J connectivity index is 1.81. The second-order valence-corrected chi connectivity index (χ2v) is 5.44. The molecular weight excluding hydrogens is 248 g/mol. The van der Waals surface area contributed by atoms with Gasteiger partial charge in [0.2, 0.25) is 0 Å². The van der Waals surface area contributed by atoms with Crippen molar-refractivity contribution in [3.05, 3.63) is 65.7 Å². The van der Waals surface area contributed by atoms with E-state index in [-0.39, 0.29) is 12.2 Å². The van der Waals surface area contributed by atoms with E-state index >= 15 is 0 Å². The minimum Gasteiger partial charge on any atom is -0.490 e. The van der Waals surface area contributed by atoms with Crippen LogP contribution < -0.4 is 4.74 Å². The van der Waals surface area contributed by atoms with Gasteiger partial charge in [0, 0.05) is 11.5 Å². The van der Waals surface area contributed by atoms with Crippen LogP contribution in [0.2, 0.25) is 0 Å². The fourth-order valence-electron chi connectivity index (χ4n) is 2.66. The van der Waals surface area contributed by atoms with E-state index in [1.54, 1.807) is 0 Å². The first kappa shape index (κ1) is 13.2. The number of hydrogen-bond acceptors (Lipinski definition) is 2. The standard InChI is InChI=1S/C18H20O2/c1-13-14(2)20-17-11-7-6-10-16(17)18(13)19-12-15-8-4-3-5-9-15/h3-11,13-14,18H,12H2,1-2H3/t13-,14+,18+/m0/s1. The van der Waals surface area contributed by atoms with Crippen molar-refractivity contribution in [2.24, 2.45) is 5.92 Å². The zero-order valence-electron chi connectivity index (χ0n) is 12.0. The molecule has 2 aromatic carbocycles. The number of rotatable bonds is 3. The summed E-state index contributed by atoms with van der Waals surface area (Å²) in [5.41, 5.74) is 2.37. The molecule has 0 saturated carbocycles. The summed E-state index contributed by atoms with van der Waals surface area (Å²) >= 11 is 0. The van der Waals surface area contributed by atoms with Crippen molar-refractivity contribution >= 4 is 0 Å². The fourth-order valence-corrected chi connectivity index (χ4v) is 2.66. The third-order valence-electron chi connectivity index (χ3n) is 4.03. The second-order valence-electron chi connectivity index (χ2n) is 5.44. The van der Waals surface area contributed by atoms with Gasteiger partial charge >= 0.3 is 0 Å². The van der Waals surface area contributed by atoms with Crippen LogP contribution in [0.3, 0.4) is 0 Å². The first-order valence-electron chi connectivity index (χ1n) is 7.17. The van der Waals surface area contributed by atoms with Gasteiger partial charge < -0.3 is 9.47 Å². The average molecular weight is 268 g/mol. The van der Waals surface area contributed by atoms with E-state index in [2.05, 4.69) is 32.0 Å². The molecule has 0 saturated heterocycles. The zero-order chi connectivity index (χ0) is 13.9. The summed E-state index contributed by atoms with van der Waals surface area (Å²) in [5.74, 6) is 1.30. The van der Waals surface area contributed by atoms with Crippen molar-refractivity contribution in [3.63, 3.8) is 0 Å². The van der Waals surface area contributed by atoms with Crippen LogP contribution in [0, 0.1) is 5.92 Å². The summed E-state index contributed by atoms with van der Waals surface area (Å²) in [7, 11) is 0. The van der Waals surface area contributed by atoms with Crippen molar-refractivity contribution in [1.29, 1.82) is 0 Å². The van der Waals surface area contributed by atoms with Gasteiger partial charge in [0.25, 0.3) is 0 Å². The molecule has 0 spiro atoms. The van der Waals surface area contributed by atoms with Crippen molar-refractivity contribution in [2.45, 2.75) is 32.7 Å². The lowest BCUT2D eigenvalue weighted by Crippen LogP contribution is -2.33. The number of fused-ring (bicyclic) bond motifs is 1. The highest BCUT2D eigenvalue weighted by Crippen LogP contribution is 2.40. The molecule has 0 amide bonds. The predicted molar refractivity (Wildman–Crippen MR) is 79.7 cm³/mol. The average Bonchev–Trinajstić information content (AvgIpc) is 2.49. The minimum atomic E-state index is 0.0927. The Labute approximate surface area is 120 Å². The Morgan fingerprint density at radius 2 is 1.65 bits per heavy atom. The van der Waals surface area contributed by atoms with Crippen molar-refractivity contribution in [1.82, 2.24) is 0 Å². The van der Waals surface area contributed by atoms with Gasteiger partial charge in [-0.25, -0.2) is 0 Å². The minimum absolute atomic E-state index is 0.0927. The smallest absolute Gasteiger partial charge is 0.125 e. The Morgan fingerprint density at radius 3 is 2.45 bits per heavy atom. The molecule has 20 heavy (non-hydrogen) atoms. The van der Waals surface area contributed by atoms with Crippen LogP contribution in [0.1, 0.15) is 31.1 Å². The lowest BCUT2D eigenvalue weighted by molar-refractivity contribution is -0.0463. The van der Waals surface area contributed by atoms with Crippen LogP contribution in [-0.2, 0) is 11.3 Å². The van der Waals surface area contributed by atoms with Gasteiger partial charge in [-0.05, 0) is 18.6 Å². The van der Waals surface area contributed by atoms with E-state index < -0.39 is 0 Å².